The van der Waals surface area contributed by atoms with Gasteiger partial charge >= 0.3 is 0 Å². The fourth-order valence-corrected chi connectivity index (χ4v) is 2.28. The molecule has 21 heavy (non-hydrogen) atoms. The van der Waals surface area contributed by atoms with Crippen molar-refractivity contribution in [3.05, 3.63) is 57.6 Å². The van der Waals surface area contributed by atoms with Crippen molar-refractivity contribution >= 4 is 5.69 Å². The Labute approximate surface area is 121 Å². The van der Waals surface area contributed by atoms with Crippen LogP contribution < -0.4 is 10.9 Å². The van der Waals surface area contributed by atoms with Crippen LogP contribution in [0.3, 0.4) is 0 Å². The van der Waals surface area contributed by atoms with Crippen LogP contribution in [0.4, 0.5) is 5.69 Å². The number of aromatic nitrogens is 4. The highest BCUT2D eigenvalue weighted by Crippen LogP contribution is 2.19. The second kappa shape index (κ2) is 5.32. The summed E-state index contributed by atoms with van der Waals surface area (Å²) in [7, 11) is 0. The van der Waals surface area contributed by atoms with Gasteiger partial charge in [0.05, 0.1) is 11.4 Å². The lowest BCUT2D eigenvalue weighted by Gasteiger charge is -2.07. The fraction of sp³-hybridized carbons (Fsp3) is 0.200. The highest BCUT2D eigenvalue weighted by molar-refractivity contribution is 5.62. The van der Waals surface area contributed by atoms with Gasteiger partial charge < -0.3 is 5.32 Å². The summed E-state index contributed by atoms with van der Waals surface area (Å²) in [6.45, 7) is 4.74. The van der Waals surface area contributed by atoms with Gasteiger partial charge in [0, 0.05) is 29.6 Å². The lowest BCUT2D eigenvalue weighted by Crippen LogP contribution is -2.01. The molecule has 0 aliphatic heterocycles. The van der Waals surface area contributed by atoms with Gasteiger partial charge in [-0.1, -0.05) is 12.1 Å². The van der Waals surface area contributed by atoms with E-state index < -0.39 is 0 Å². The van der Waals surface area contributed by atoms with E-state index in [9.17, 15) is 4.79 Å². The zero-order valence-electron chi connectivity index (χ0n) is 11.9. The molecular weight excluding hydrogens is 266 g/mol. The zero-order valence-corrected chi connectivity index (χ0v) is 11.9. The minimum absolute atomic E-state index is 0.127. The van der Waals surface area contributed by atoms with E-state index in [0.29, 0.717) is 0 Å². The topological polar surface area (TPSA) is 89.4 Å². The Bertz CT molecular complexity index is 775. The minimum Gasteiger partial charge on any atom is -0.381 e. The summed E-state index contributed by atoms with van der Waals surface area (Å²) >= 11 is 0. The van der Waals surface area contributed by atoms with Crippen LogP contribution in [0, 0.1) is 13.8 Å². The van der Waals surface area contributed by atoms with E-state index in [4.69, 9.17) is 0 Å². The third-order valence-corrected chi connectivity index (χ3v) is 3.54. The number of aromatic amines is 3. The van der Waals surface area contributed by atoms with Crippen molar-refractivity contribution in [2.24, 2.45) is 0 Å². The van der Waals surface area contributed by atoms with Gasteiger partial charge in [0.25, 0.3) is 5.56 Å². The van der Waals surface area contributed by atoms with Crippen molar-refractivity contribution in [1.29, 1.82) is 0 Å². The molecule has 0 aliphatic carbocycles. The number of nitrogens with zero attached hydrogens (tertiary/aromatic N) is 1. The molecule has 0 radical (unpaired) electrons. The summed E-state index contributed by atoms with van der Waals surface area (Å²) in [4.78, 5) is 11.1. The number of benzene rings is 1. The van der Waals surface area contributed by atoms with Crippen LogP contribution in [0.15, 0.2) is 35.1 Å². The summed E-state index contributed by atoms with van der Waals surface area (Å²) in [6.07, 6.45) is 0. The third kappa shape index (κ3) is 2.74. The predicted octanol–water partition coefficient (Wildman–Crippen LogP) is 2.32. The molecule has 108 valence electrons. The molecule has 1 aromatic carbocycles. The molecule has 2 heterocycles. The molecule has 0 amide bonds. The molecule has 3 aromatic rings. The zero-order chi connectivity index (χ0) is 14.8. The highest BCUT2D eigenvalue weighted by Gasteiger charge is 2.06. The van der Waals surface area contributed by atoms with Crippen molar-refractivity contribution in [1.82, 2.24) is 20.4 Å². The Morgan fingerprint density at radius 2 is 1.90 bits per heavy atom. The summed E-state index contributed by atoms with van der Waals surface area (Å²) in [5.41, 5.74) is 5.94. The van der Waals surface area contributed by atoms with Crippen molar-refractivity contribution in [3.63, 3.8) is 0 Å². The second-order valence-corrected chi connectivity index (χ2v) is 5.02. The molecule has 0 saturated heterocycles. The molecule has 3 rings (SSSR count). The van der Waals surface area contributed by atoms with Crippen LogP contribution in [0.1, 0.15) is 17.0 Å². The number of rotatable bonds is 4. The Balaban J connectivity index is 1.72. The quantitative estimate of drug-likeness (QED) is 0.592. The van der Waals surface area contributed by atoms with E-state index in [1.54, 1.807) is 6.07 Å². The number of aryl methyl sites for hydroxylation is 2. The normalized spacial score (nSPS) is 10.8. The van der Waals surface area contributed by atoms with E-state index >= 15 is 0 Å². The summed E-state index contributed by atoms with van der Waals surface area (Å²) in [5.74, 6) is 0. The molecule has 6 heteroatoms. The van der Waals surface area contributed by atoms with E-state index in [0.717, 1.165) is 34.9 Å². The van der Waals surface area contributed by atoms with Crippen LogP contribution in [0.25, 0.3) is 11.3 Å². The predicted molar refractivity (Wildman–Crippen MR) is 82.2 cm³/mol. The number of nitrogens with one attached hydrogen (secondary N) is 4. The first-order chi connectivity index (χ1) is 10.1. The Morgan fingerprint density at radius 1 is 1.14 bits per heavy atom. The van der Waals surface area contributed by atoms with Gasteiger partial charge in [0.1, 0.15) is 0 Å². The highest BCUT2D eigenvalue weighted by atomic mass is 16.1. The maximum Gasteiger partial charge on any atom is 0.264 e. The molecule has 0 spiro atoms. The number of H-pyrrole nitrogens is 3. The summed E-state index contributed by atoms with van der Waals surface area (Å²) < 4.78 is 0. The third-order valence-electron chi connectivity index (χ3n) is 3.54. The van der Waals surface area contributed by atoms with Crippen molar-refractivity contribution in [2.75, 3.05) is 5.32 Å². The molecule has 6 nitrogen and oxygen atoms in total. The molecule has 2 aromatic heterocycles. The van der Waals surface area contributed by atoms with Crippen molar-refractivity contribution < 1.29 is 0 Å². The molecule has 0 bridgehead atoms. The van der Waals surface area contributed by atoms with E-state index in [1.807, 2.05) is 38.1 Å². The number of hydrogen-bond acceptors (Lipinski definition) is 3. The van der Waals surface area contributed by atoms with Crippen molar-refractivity contribution in [3.8, 4) is 11.3 Å². The standard InChI is InChI=1S/C15H17N5O/c1-9-13(10(2)18-17-9)8-16-12-5-3-11(4-6-12)14-7-15(21)20-19-14/h3-7,16H,8H2,1-2H3,(H,17,18)(H2,19,20,21). The number of anilines is 1. The van der Waals surface area contributed by atoms with Crippen LogP contribution in [0.5, 0.6) is 0 Å². The Morgan fingerprint density at radius 3 is 2.48 bits per heavy atom. The summed E-state index contributed by atoms with van der Waals surface area (Å²) in [5, 5.41) is 15.9. The first-order valence-electron chi connectivity index (χ1n) is 6.76. The lowest BCUT2D eigenvalue weighted by atomic mass is 10.1. The van der Waals surface area contributed by atoms with Crippen LogP contribution in [-0.4, -0.2) is 20.4 Å². The maximum absolute atomic E-state index is 11.1. The monoisotopic (exact) mass is 283 g/mol. The molecular formula is C15H17N5O. The van der Waals surface area contributed by atoms with Gasteiger partial charge in [0.15, 0.2) is 0 Å². The molecule has 0 aliphatic rings. The van der Waals surface area contributed by atoms with Crippen molar-refractivity contribution in [2.45, 2.75) is 20.4 Å². The Kier molecular flexibility index (Phi) is 3.35. The lowest BCUT2D eigenvalue weighted by molar-refractivity contribution is 1.02. The van der Waals surface area contributed by atoms with Gasteiger partial charge in [-0.3, -0.25) is 20.1 Å². The van der Waals surface area contributed by atoms with Crippen LogP contribution in [0.2, 0.25) is 0 Å². The van der Waals surface area contributed by atoms with Gasteiger partial charge in [-0.25, -0.2) is 0 Å². The van der Waals surface area contributed by atoms with Crippen LogP contribution in [-0.2, 0) is 6.54 Å². The molecule has 4 N–H and O–H groups in total. The smallest absolute Gasteiger partial charge is 0.264 e. The molecule has 0 fully saturated rings. The molecule has 0 unspecified atom stereocenters. The van der Waals surface area contributed by atoms with E-state index in [-0.39, 0.29) is 5.56 Å². The first-order valence-corrected chi connectivity index (χ1v) is 6.76. The SMILES string of the molecule is Cc1n[nH]c(C)c1CNc1ccc(-c2cc(=O)[nH][nH]2)cc1. The molecule has 0 saturated carbocycles. The number of hydrogen-bond donors (Lipinski definition) is 4. The average molecular weight is 283 g/mol. The van der Waals surface area contributed by atoms with E-state index in [1.165, 1.54) is 5.56 Å². The largest absolute Gasteiger partial charge is 0.381 e. The van der Waals surface area contributed by atoms with Gasteiger partial charge in [-0.2, -0.15) is 5.10 Å². The molecule has 0 atom stereocenters. The fourth-order valence-electron chi connectivity index (χ4n) is 2.28. The summed E-state index contributed by atoms with van der Waals surface area (Å²) in [6, 6.07) is 9.46. The van der Waals surface area contributed by atoms with Crippen LogP contribution >= 0.6 is 0 Å². The average Bonchev–Trinajstić information content (AvgIpc) is 3.05. The second-order valence-electron chi connectivity index (χ2n) is 5.02. The maximum atomic E-state index is 11.1. The minimum atomic E-state index is -0.127. The Hall–Kier alpha value is -2.76. The van der Waals surface area contributed by atoms with E-state index in [2.05, 4.69) is 25.7 Å². The van der Waals surface area contributed by atoms with Gasteiger partial charge in [0.2, 0.25) is 0 Å². The first kappa shape index (κ1) is 13.2. The van der Waals surface area contributed by atoms with Gasteiger partial charge in [-0.05, 0) is 31.5 Å². The van der Waals surface area contributed by atoms with Gasteiger partial charge in [-0.15, -0.1) is 0 Å².